The average Bonchev–Trinajstić information content (AvgIpc) is 2.60. The van der Waals surface area contributed by atoms with Gasteiger partial charge in [-0.05, 0) is 33.7 Å². The zero-order valence-corrected chi connectivity index (χ0v) is 13.9. The lowest BCUT2D eigenvalue weighted by Crippen LogP contribution is -2.20. The second kappa shape index (κ2) is 4.77. The molecule has 108 valence electrons. The maximum absolute atomic E-state index is 3.62. The first-order valence-electron chi connectivity index (χ1n) is 7.65. The quantitative estimate of drug-likeness (QED) is 0.249. The summed E-state index contributed by atoms with van der Waals surface area (Å²) in [6.07, 6.45) is 4.29. The van der Waals surface area contributed by atoms with E-state index in [9.17, 15) is 0 Å². The monoisotopic (exact) mass is 358 g/mol. The molecule has 0 amide bonds. The lowest BCUT2D eigenvalue weighted by Gasteiger charge is -2.06. The lowest BCUT2D eigenvalue weighted by molar-refractivity contribution is -0.509. The molecule has 0 bridgehead atoms. The molecule has 3 aromatic carbocycles. The van der Waals surface area contributed by atoms with E-state index < -0.39 is 0 Å². The molecule has 0 aliphatic rings. The molecule has 5 aromatic rings. The molecule has 0 unspecified atom stereocenters. The average molecular weight is 359 g/mol. The first-order chi connectivity index (χ1) is 11.3. The lowest BCUT2D eigenvalue weighted by atomic mass is 9.99. The van der Waals surface area contributed by atoms with E-state index in [0.29, 0.717) is 0 Å². The second-order valence-electron chi connectivity index (χ2n) is 5.87. The number of halogens is 1. The summed E-state index contributed by atoms with van der Waals surface area (Å²) in [5.74, 6) is 0. The first kappa shape index (κ1) is 13.0. The van der Waals surface area contributed by atoms with Gasteiger partial charge in [0.2, 0.25) is 5.52 Å². The van der Waals surface area contributed by atoms with Crippen molar-refractivity contribution in [3.8, 4) is 0 Å². The number of aromatic nitrogens is 1. The zero-order valence-electron chi connectivity index (χ0n) is 12.3. The Labute approximate surface area is 141 Å². The molecule has 0 spiro atoms. The fourth-order valence-electron chi connectivity index (χ4n) is 3.49. The molecule has 2 aromatic heterocycles. The van der Waals surface area contributed by atoms with Gasteiger partial charge in [-0.3, -0.25) is 0 Å². The fraction of sp³-hybridized carbons (Fsp3) is 0. The van der Waals surface area contributed by atoms with Crippen molar-refractivity contribution >= 4 is 53.8 Å². The van der Waals surface area contributed by atoms with Crippen LogP contribution in [-0.2, 0) is 0 Å². The normalized spacial score (nSPS) is 11.7. The Morgan fingerprint density at radius 1 is 0.652 bits per heavy atom. The second-order valence-corrected chi connectivity index (χ2v) is 6.79. The SMILES string of the molecule is Brc1ccc2cc[n+]3ccc4ccc5ccccc5c4c3c2c1. The van der Waals surface area contributed by atoms with E-state index >= 15 is 0 Å². The number of pyridine rings is 2. The van der Waals surface area contributed by atoms with Crippen LogP contribution in [0, 0.1) is 0 Å². The highest BCUT2D eigenvalue weighted by Gasteiger charge is 2.14. The van der Waals surface area contributed by atoms with E-state index in [0.717, 1.165) is 4.47 Å². The van der Waals surface area contributed by atoms with Gasteiger partial charge in [0, 0.05) is 16.6 Å². The highest BCUT2D eigenvalue weighted by atomic mass is 79.9. The van der Waals surface area contributed by atoms with E-state index in [4.69, 9.17) is 0 Å². The number of hydrogen-bond acceptors (Lipinski definition) is 0. The van der Waals surface area contributed by atoms with Crippen molar-refractivity contribution in [1.29, 1.82) is 0 Å². The molecule has 0 aliphatic carbocycles. The third-order valence-corrected chi connectivity index (χ3v) is 5.05. The molecule has 0 saturated heterocycles. The first-order valence-corrected chi connectivity index (χ1v) is 8.44. The highest BCUT2D eigenvalue weighted by molar-refractivity contribution is 9.10. The topological polar surface area (TPSA) is 4.10 Å². The van der Waals surface area contributed by atoms with Crippen molar-refractivity contribution < 1.29 is 4.40 Å². The summed E-state index contributed by atoms with van der Waals surface area (Å²) in [5.41, 5.74) is 1.26. The molecule has 0 radical (unpaired) electrons. The van der Waals surface area contributed by atoms with Crippen LogP contribution in [0.4, 0.5) is 0 Å². The van der Waals surface area contributed by atoms with Gasteiger partial charge in [-0.2, -0.15) is 4.40 Å². The van der Waals surface area contributed by atoms with Crippen molar-refractivity contribution in [2.45, 2.75) is 0 Å². The Morgan fingerprint density at radius 3 is 2.26 bits per heavy atom. The molecule has 0 saturated carbocycles. The molecular formula is C21H13BrN+. The standard InChI is InChI=1S/C21H13BrN/c22-17-8-7-15-9-11-23-12-10-16-6-5-14-3-1-2-4-18(14)20(16)21(23)19(15)13-17/h1-13H/q+1. The minimum absolute atomic E-state index is 1.11. The van der Waals surface area contributed by atoms with E-state index in [1.165, 1.54) is 37.8 Å². The van der Waals surface area contributed by atoms with Crippen LogP contribution in [0.25, 0.3) is 37.8 Å². The predicted octanol–water partition coefficient (Wildman–Crippen LogP) is 5.65. The van der Waals surface area contributed by atoms with Crippen LogP contribution in [-0.4, -0.2) is 0 Å². The van der Waals surface area contributed by atoms with E-state index in [-0.39, 0.29) is 0 Å². The predicted molar refractivity (Wildman–Crippen MR) is 99.8 cm³/mol. The maximum atomic E-state index is 3.62. The van der Waals surface area contributed by atoms with Gasteiger partial charge in [0.1, 0.15) is 0 Å². The molecule has 2 heteroatoms. The van der Waals surface area contributed by atoms with Crippen molar-refractivity contribution in [3.63, 3.8) is 0 Å². The highest BCUT2D eigenvalue weighted by Crippen LogP contribution is 2.31. The van der Waals surface area contributed by atoms with Gasteiger partial charge < -0.3 is 0 Å². The minimum atomic E-state index is 1.11. The molecule has 1 nitrogen and oxygen atoms in total. The fourth-order valence-corrected chi connectivity index (χ4v) is 3.85. The Balaban J connectivity index is 2.17. The van der Waals surface area contributed by atoms with Crippen LogP contribution in [0.2, 0.25) is 0 Å². The Morgan fingerprint density at radius 2 is 1.35 bits per heavy atom. The molecule has 0 atom stereocenters. The number of hydrogen-bond donors (Lipinski definition) is 0. The molecule has 2 heterocycles. The number of rotatable bonds is 0. The third kappa shape index (κ3) is 1.88. The van der Waals surface area contributed by atoms with Gasteiger partial charge in [-0.25, -0.2) is 0 Å². The molecule has 0 fully saturated rings. The van der Waals surface area contributed by atoms with E-state index in [1.54, 1.807) is 0 Å². The Hall–Kier alpha value is -2.45. The van der Waals surface area contributed by atoms with Gasteiger partial charge in [-0.15, -0.1) is 0 Å². The van der Waals surface area contributed by atoms with Crippen molar-refractivity contribution in [1.82, 2.24) is 0 Å². The maximum Gasteiger partial charge on any atom is 0.227 e. The third-order valence-electron chi connectivity index (χ3n) is 4.56. The van der Waals surface area contributed by atoms with Gasteiger partial charge in [0.25, 0.3) is 0 Å². The summed E-state index contributed by atoms with van der Waals surface area (Å²) in [6.45, 7) is 0. The number of benzene rings is 3. The number of fused-ring (bicyclic) bond motifs is 7. The van der Waals surface area contributed by atoms with Crippen molar-refractivity contribution in [3.05, 3.63) is 83.6 Å². The van der Waals surface area contributed by atoms with Crippen molar-refractivity contribution in [2.24, 2.45) is 0 Å². The van der Waals surface area contributed by atoms with E-state index in [2.05, 4.69) is 99.5 Å². The van der Waals surface area contributed by atoms with Gasteiger partial charge in [0.05, 0.1) is 10.8 Å². The Bertz CT molecular complexity index is 1210. The summed E-state index contributed by atoms with van der Waals surface area (Å²) in [6, 6.07) is 23.9. The largest absolute Gasteiger partial charge is 0.227 e. The Kier molecular flexibility index (Phi) is 2.70. The van der Waals surface area contributed by atoms with Crippen molar-refractivity contribution in [2.75, 3.05) is 0 Å². The zero-order chi connectivity index (χ0) is 15.4. The van der Waals surface area contributed by atoms with Gasteiger partial charge in [-0.1, -0.05) is 58.4 Å². The van der Waals surface area contributed by atoms with Crippen LogP contribution in [0.5, 0.6) is 0 Å². The van der Waals surface area contributed by atoms with Crippen LogP contribution in [0.1, 0.15) is 0 Å². The minimum Gasteiger partial charge on any atom is -0.166 e. The number of nitrogens with zero attached hydrogens (tertiary/aromatic N) is 1. The summed E-state index contributed by atoms with van der Waals surface area (Å²) in [4.78, 5) is 0. The molecular weight excluding hydrogens is 346 g/mol. The smallest absolute Gasteiger partial charge is 0.166 e. The van der Waals surface area contributed by atoms with E-state index in [1.807, 2.05) is 0 Å². The van der Waals surface area contributed by atoms with Crippen LogP contribution in [0.3, 0.4) is 0 Å². The summed E-state index contributed by atoms with van der Waals surface area (Å²) < 4.78 is 3.33. The van der Waals surface area contributed by atoms with Crippen LogP contribution < -0.4 is 4.40 Å². The van der Waals surface area contributed by atoms with Crippen LogP contribution >= 0.6 is 15.9 Å². The summed E-state index contributed by atoms with van der Waals surface area (Å²) in [7, 11) is 0. The molecule has 5 rings (SSSR count). The van der Waals surface area contributed by atoms with Crippen LogP contribution in [0.15, 0.2) is 83.6 Å². The summed E-state index contributed by atoms with van der Waals surface area (Å²) in [5, 5.41) is 7.69. The molecule has 23 heavy (non-hydrogen) atoms. The van der Waals surface area contributed by atoms with Gasteiger partial charge >= 0.3 is 0 Å². The van der Waals surface area contributed by atoms with Gasteiger partial charge in [0.15, 0.2) is 12.4 Å². The summed E-state index contributed by atoms with van der Waals surface area (Å²) >= 11 is 3.62. The molecule has 0 aliphatic heterocycles. The molecule has 0 N–H and O–H groups in total.